The summed E-state index contributed by atoms with van der Waals surface area (Å²) < 4.78 is 1.06. The predicted octanol–water partition coefficient (Wildman–Crippen LogP) is 4.98. The van der Waals surface area contributed by atoms with Crippen molar-refractivity contribution in [3.05, 3.63) is 80.2 Å². The van der Waals surface area contributed by atoms with Gasteiger partial charge in [0.1, 0.15) is 6.17 Å². The maximum atomic E-state index is 12.9. The number of aromatic nitrogens is 1. The van der Waals surface area contributed by atoms with Crippen LogP contribution in [-0.2, 0) is 6.54 Å². The molecule has 0 radical (unpaired) electrons. The molecule has 1 atom stereocenters. The number of thiophene rings is 1. The Balaban J connectivity index is 1.70. The number of hydrogen-bond acceptors (Lipinski definition) is 4. The second-order valence-corrected chi connectivity index (χ2v) is 7.85. The molecule has 1 amide bonds. The van der Waals surface area contributed by atoms with E-state index < -0.39 is 0 Å². The van der Waals surface area contributed by atoms with Gasteiger partial charge in [0, 0.05) is 21.2 Å². The lowest BCUT2D eigenvalue weighted by molar-refractivity contribution is 0.0729. The van der Waals surface area contributed by atoms with Gasteiger partial charge in [-0.05, 0) is 54.3 Å². The van der Waals surface area contributed by atoms with Gasteiger partial charge >= 0.3 is 0 Å². The molecule has 0 saturated carbocycles. The minimum Gasteiger partial charge on any atom is -0.360 e. The molecule has 0 bridgehead atoms. The SMILES string of the molecule is Cc1cc(NC2c3ncccc3C(=O)N2Cc2cccs2)ccc1Br. The molecule has 25 heavy (non-hydrogen) atoms. The Bertz CT molecular complexity index is 926. The zero-order chi connectivity index (χ0) is 17.4. The number of nitrogens with one attached hydrogen (secondary N) is 1. The highest BCUT2D eigenvalue weighted by Gasteiger charge is 2.38. The first-order valence-electron chi connectivity index (χ1n) is 7.94. The molecule has 1 N–H and O–H groups in total. The van der Waals surface area contributed by atoms with Crippen LogP contribution in [0.15, 0.2) is 58.5 Å². The summed E-state index contributed by atoms with van der Waals surface area (Å²) in [6, 6.07) is 13.8. The molecular weight excluding hydrogens is 398 g/mol. The van der Waals surface area contributed by atoms with Crippen LogP contribution in [-0.4, -0.2) is 15.8 Å². The fraction of sp³-hybridized carbons (Fsp3) is 0.158. The number of aryl methyl sites for hydroxylation is 1. The number of anilines is 1. The van der Waals surface area contributed by atoms with Crippen LogP contribution in [0.3, 0.4) is 0 Å². The van der Waals surface area contributed by atoms with Crippen LogP contribution in [0, 0.1) is 6.92 Å². The molecule has 3 aromatic rings. The van der Waals surface area contributed by atoms with Crippen LogP contribution in [0.5, 0.6) is 0 Å². The zero-order valence-electron chi connectivity index (χ0n) is 13.6. The van der Waals surface area contributed by atoms with Crippen molar-refractivity contribution in [2.75, 3.05) is 5.32 Å². The molecule has 1 unspecified atom stereocenters. The van der Waals surface area contributed by atoms with Gasteiger partial charge in [-0.3, -0.25) is 9.78 Å². The second kappa shape index (κ2) is 6.61. The third-order valence-electron chi connectivity index (χ3n) is 4.27. The summed E-state index contributed by atoms with van der Waals surface area (Å²) in [6.07, 6.45) is 1.47. The molecule has 4 rings (SSSR count). The summed E-state index contributed by atoms with van der Waals surface area (Å²) in [5.74, 6) is 0.0165. The number of fused-ring (bicyclic) bond motifs is 1. The first-order chi connectivity index (χ1) is 12.1. The number of halogens is 1. The lowest BCUT2D eigenvalue weighted by atomic mass is 10.2. The summed E-state index contributed by atoms with van der Waals surface area (Å²) in [6.45, 7) is 2.62. The number of nitrogens with zero attached hydrogens (tertiary/aromatic N) is 2. The van der Waals surface area contributed by atoms with E-state index in [1.807, 2.05) is 47.5 Å². The average Bonchev–Trinajstić information content (AvgIpc) is 3.21. The third-order valence-corrected chi connectivity index (χ3v) is 6.02. The lowest BCUT2D eigenvalue weighted by Crippen LogP contribution is -2.31. The van der Waals surface area contributed by atoms with Crippen molar-refractivity contribution >= 4 is 38.9 Å². The van der Waals surface area contributed by atoms with Crippen LogP contribution in [0.2, 0.25) is 0 Å². The molecule has 1 aliphatic heterocycles. The molecule has 0 spiro atoms. The number of carbonyl (C=O) groups is 1. The fourth-order valence-corrected chi connectivity index (χ4v) is 3.96. The van der Waals surface area contributed by atoms with Crippen LogP contribution in [0.25, 0.3) is 0 Å². The minimum atomic E-state index is -0.272. The van der Waals surface area contributed by atoms with E-state index in [-0.39, 0.29) is 12.1 Å². The van der Waals surface area contributed by atoms with Crippen molar-refractivity contribution in [1.82, 2.24) is 9.88 Å². The largest absolute Gasteiger partial charge is 0.360 e. The Kier molecular flexibility index (Phi) is 4.31. The van der Waals surface area contributed by atoms with Crippen molar-refractivity contribution in [2.24, 2.45) is 0 Å². The molecule has 2 aromatic heterocycles. The summed E-state index contributed by atoms with van der Waals surface area (Å²) >= 11 is 5.18. The summed E-state index contributed by atoms with van der Waals surface area (Å²) in [7, 11) is 0. The first-order valence-corrected chi connectivity index (χ1v) is 9.62. The molecule has 126 valence electrons. The predicted molar refractivity (Wildman–Crippen MR) is 104 cm³/mol. The number of pyridine rings is 1. The van der Waals surface area contributed by atoms with Gasteiger partial charge in [0.05, 0.1) is 17.8 Å². The Morgan fingerprint density at radius 2 is 2.16 bits per heavy atom. The van der Waals surface area contributed by atoms with Crippen molar-refractivity contribution in [2.45, 2.75) is 19.6 Å². The van der Waals surface area contributed by atoms with Gasteiger partial charge in [-0.25, -0.2) is 0 Å². The van der Waals surface area contributed by atoms with E-state index >= 15 is 0 Å². The van der Waals surface area contributed by atoms with E-state index in [1.165, 1.54) is 0 Å². The molecular formula is C19H16BrN3OS. The molecule has 0 fully saturated rings. The van der Waals surface area contributed by atoms with Crippen molar-refractivity contribution in [3.63, 3.8) is 0 Å². The standard InChI is InChI=1S/C19H16BrN3OS/c1-12-10-13(6-7-16(12)20)22-18-17-15(5-2-8-21-17)19(24)23(18)11-14-4-3-9-25-14/h2-10,18,22H,11H2,1H3. The van der Waals surface area contributed by atoms with Crippen molar-refractivity contribution in [3.8, 4) is 0 Å². The van der Waals surface area contributed by atoms with E-state index in [2.05, 4.69) is 38.4 Å². The number of hydrogen-bond donors (Lipinski definition) is 1. The maximum Gasteiger partial charge on any atom is 0.258 e. The second-order valence-electron chi connectivity index (χ2n) is 5.96. The van der Waals surface area contributed by atoms with Crippen LogP contribution in [0.1, 0.15) is 32.7 Å². The molecule has 1 aliphatic rings. The summed E-state index contributed by atoms with van der Waals surface area (Å²) in [5.41, 5.74) is 3.56. The normalized spacial score (nSPS) is 16.2. The van der Waals surface area contributed by atoms with Gasteiger partial charge in [0.2, 0.25) is 0 Å². The summed E-state index contributed by atoms with van der Waals surface area (Å²) in [4.78, 5) is 20.4. The fourth-order valence-electron chi connectivity index (χ4n) is 3.01. The summed E-state index contributed by atoms with van der Waals surface area (Å²) in [5, 5.41) is 5.51. The van der Waals surface area contributed by atoms with Gasteiger partial charge in [-0.2, -0.15) is 0 Å². The number of carbonyl (C=O) groups excluding carboxylic acids is 1. The highest BCUT2D eigenvalue weighted by atomic mass is 79.9. The molecule has 0 aliphatic carbocycles. The molecule has 6 heteroatoms. The third kappa shape index (κ3) is 3.07. The van der Waals surface area contributed by atoms with Gasteiger partial charge in [-0.1, -0.05) is 22.0 Å². The molecule has 0 saturated heterocycles. The van der Waals surface area contributed by atoms with Crippen LogP contribution >= 0.6 is 27.3 Å². The number of rotatable bonds is 4. The molecule has 4 nitrogen and oxygen atoms in total. The average molecular weight is 414 g/mol. The Morgan fingerprint density at radius 3 is 2.92 bits per heavy atom. The highest BCUT2D eigenvalue weighted by molar-refractivity contribution is 9.10. The Labute approximate surface area is 158 Å². The van der Waals surface area contributed by atoms with E-state index in [9.17, 15) is 4.79 Å². The van der Waals surface area contributed by atoms with Gasteiger partial charge in [0.15, 0.2) is 0 Å². The first kappa shape index (κ1) is 16.3. The van der Waals surface area contributed by atoms with E-state index in [1.54, 1.807) is 17.5 Å². The Hall–Kier alpha value is -2.18. The zero-order valence-corrected chi connectivity index (χ0v) is 16.0. The van der Waals surface area contributed by atoms with Gasteiger partial charge < -0.3 is 10.2 Å². The number of amides is 1. The van der Waals surface area contributed by atoms with Crippen LogP contribution < -0.4 is 5.32 Å². The van der Waals surface area contributed by atoms with E-state index in [0.717, 1.165) is 26.3 Å². The quantitative estimate of drug-likeness (QED) is 0.655. The van der Waals surface area contributed by atoms with E-state index in [0.29, 0.717) is 12.1 Å². The lowest BCUT2D eigenvalue weighted by Gasteiger charge is -2.26. The monoisotopic (exact) mass is 413 g/mol. The highest BCUT2D eigenvalue weighted by Crippen LogP contribution is 2.35. The van der Waals surface area contributed by atoms with Crippen molar-refractivity contribution in [1.29, 1.82) is 0 Å². The maximum absolute atomic E-state index is 12.9. The van der Waals surface area contributed by atoms with Gasteiger partial charge in [0.25, 0.3) is 5.91 Å². The van der Waals surface area contributed by atoms with Crippen molar-refractivity contribution < 1.29 is 4.79 Å². The molecule has 3 heterocycles. The topological polar surface area (TPSA) is 45.2 Å². The van der Waals surface area contributed by atoms with E-state index in [4.69, 9.17) is 0 Å². The minimum absolute atomic E-state index is 0.0165. The number of benzene rings is 1. The Morgan fingerprint density at radius 1 is 1.28 bits per heavy atom. The molecule has 1 aromatic carbocycles. The smallest absolute Gasteiger partial charge is 0.258 e. The van der Waals surface area contributed by atoms with Crippen LogP contribution in [0.4, 0.5) is 5.69 Å². The van der Waals surface area contributed by atoms with Gasteiger partial charge in [-0.15, -0.1) is 11.3 Å².